The van der Waals surface area contributed by atoms with Gasteiger partial charge in [0.25, 0.3) is 0 Å². The molecule has 6 nitrogen and oxygen atoms in total. The molecule has 2 aromatic carbocycles. The number of rotatable bonds is 8. The molecule has 1 aromatic heterocycles. The molecule has 1 heterocycles. The number of nitriles is 1. The number of nitrogens with one attached hydrogen (secondary N) is 1. The van der Waals surface area contributed by atoms with E-state index in [1.54, 1.807) is 11.3 Å². The first-order valence-corrected chi connectivity index (χ1v) is 11.9. The van der Waals surface area contributed by atoms with Crippen LogP contribution in [0.5, 0.6) is 5.75 Å². The summed E-state index contributed by atoms with van der Waals surface area (Å²) in [5.41, 5.74) is 5.13. The molecule has 2 atom stereocenters. The molecule has 0 aliphatic heterocycles. The monoisotopic (exact) mass is 448 g/mol. The SMILES string of the molecule is CC(O)CCN[C@H]1CCc2c(-c3nnc(-c4ccc(OC(C)C)c(C#N)c4)s3)cccc21. The molecule has 0 bridgehead atoms. The number of nitrogens with zero attached hydrogens (tertiary/aromatic N) is 3. The Hall–Kier alpha value is -2.79. The van der Waals surface area contributed by atoms with Crippen LogP contribution in [-0.4, -0.2) is 34.1 Å². The Morgan fingerprint density at radius 2 is 2.03 bits per heavy atom. The number of hydrogen-bond acceptors (Lipinski definition) is 7. The average molecular weight is 449 g/mol. The van der Waals surface area contributed by atoms with Crippen molar-refractivity contribution in [3.05, 3.63) is 53.1 Å². The summed E-state index contributed by atoms with van der Waals surface area (Å²) in [6, 6.07) is 14.5. The highest BCUT2D eigenvalue weighted by Gasteiger charge is 2.26. The summed E-state index contributed by atoms with van der Waals surface area (Å²) in [7, 11) is 0. The molecule has 1 aliphatic carbocycles. The van der Waals surface area contributed by atoms with Gasteiger partial charge in [-0.3, -0.25) is 0 Å². The van der Waals surface area contributed by atoms with Crippen LogP contribution in [0.2, 0.25) is 0 Å². The smallest absolute Gasteiger partial charge is 0.148 e. The quantitative estimate of drug-likeness (QED) is 0.510. The van der Waals surface area contributed by atoms with Crippen molar-refractivity contribution in [3.63, 3.8) is 0 Å². The van der Waals surface area contributed by atoms with Crippen molar-refractivity contribution >= 4 is 11.3 Å². The minimum absolute atomic E-state index is 0.00612. The molecular formula is C25H28N4O2S. The van der Waals surface area contributed by atoms with E-state index in [0.717, 1.165) is 46.9 Å². The first-order chi connectivity index (χ1) is 15.5. The maximum atomic E-state index is 9.53. The van der Waals surface area contributed by atoms with Crippen LogP contribution in [0.3, 0.4) is 0 Å². The van der Waals surface area contributed by atoms with Crippen LogP contribution in [0.25, 0.3) is 21.1 Å². The number of aromatic nitrogens is 2. The number of ether oxygens (including phenoxy) is 1. The number of aliphatic hydroxyl groups excluding tert-OH is 1. The first kappa shape index (κ1) is 22.4. The molecule has 1 aliphatic rings. The lowest BCUT2D eigenvalue weighted by molar-refractivity contribution is 0.182. The second kappa shape index (κ2) is 9.78. The third-order valence-corrected chi connectivity index (χ3v) is 6.59. The zero-order valence-corrected chi connectivity index (χ0v) is 19.4. The van der Waals surface area contributed by atoms with E-state index in [1.165, 1.54) is 11.1 Å². The molecule has 0 radical (unpaired) electrons. The Morgan fingerprint density at radius 1 is 1.22 bits per heavy atom. The van der Waals surface area contributed by atoms with E-state index in [-0.39, 0.29) is 12.2 Å². The zero-order valence-electron chi connectivity index (χ0n) is 18.6. The largest absolute Gasteiger partial charge is 0.490 e. The Labute approximate surface area is 192 Å². The average Bonchev–Trinajstić information content (AvgIpc) is 3.41. The summed E-state index contributed by atoms with van der Waals surface area (Å²) < 4.78 is 5.73. The summed E-state index contributed by atoms with van der Waals surface area (Å²) in [5.74, 6) is 0.589. The van der Waals surface area contributed by atoms with E-state index in [2.05, 4.69) is 39.8 Å². The van der Waals surface area contributed by atoms with Gasteiger partial charge in [0, 0.05) is 17.2 Å². The fourth-order valence-corrected chi connectivity index (χ4v) is 4.98. The predicted molar refractivity (Wildman–Crippen MR) is 127 cm³/mol. The van der Waals surface area contributed by atoms with Gasteiger partial charge in [0.1, 0.15) is 21.8 Å². The standard InChI is InChI=1S/C25H28N4O2S/c1-15(2)31-23-10-7-17(13-18(23)14-26)24-28-29-25(32-24)21-6-4-5-20-19(21)8-9-22(20)27-12-11-16(3)30/h4-7,10,13,15-16,22,27,30H,8-9,11-12H2,1-3H3/t16?,22-/m0/s1. The van der Waals surface area contributed by atoms with Crippen molar-refractivity contribution < 1.29 is 9.84 Å². The van der Waals surface area contributed by atoms with Gasteiger partial charge in [-0.15, -0.1) is 10.2 Å². The summed E-state index contributed by atoms with van der Waals surface area (Å²) in [6.45, 7) is 6.50. The molecule has 0 amide bonds. The molecule has 0 saturated carbocycles. The van der Waals surface area contributed by atoms with Gasteiger partial charge in [0.05, 0.1) is 17.8 Å². The molecule has 0 saturated heterocycles. The van der Waals surface area contributed by atoms with E-state index in [1.807, 2.05) is 39.0 Å². The molecule has 2 N–H and O–H groups in total. The van der Waals surface area contributed by atoms with Gasteiger partial charge in [-0.2, -0.15) is 5.26 Å². The van der Waals surface area contributed by atoms with Gasteiger partial charge in [0.2, 0.25) is 0 Å². The van der Waals surface area contributed by atoms with Crippen LogP contribution in [0.15, 0.2) is 36.4 Å². The van der Waals surface area contributed by atoms with Gasteiger partial charge < -0.3 is 15.2 Å². The van der Waals surface area contributed by atoms with Crippen molar-refractivity contribution in [2.24, 2.45) is 0 Å². The first-order valence-electron chi connectivity index (χ1n) is 11.0. The minimum atomic E-state index is -0.290. The number of benzene rings is 2. The molecule has 32 heavy (non-hydrogen) atoms. The van der Waals surface area contributed by atoms with E-state index in [9.17, 15) is 10.4 Å². The summed E-state index contributed by atoms with van der Waals surface area (Å²) in [5, 5.41) is 33.2. The van der Waals surface area contributed by atoms with Crippen molar-refractivity contribution in [2.45, 2.75) is 58.3 Å². The van der Waals surface area contributed by atoms with Crippen LogP contribution in [0, 0.1) is 11.3 Å². The van der Waals surface area contributed by atoms with Crippen LogP contribution < -0.4 is 10.1 Å². The highest BCUT2D eigenvalue weighted by Crippen LogP contribution is 2.40. The predicted octanol–water partition coefficient (Wildman–Crippen LogP) is 4.88. The Bertz CT molecular complexity index is 1130. The maximum Gasteiger partial charge on any atom is 0.148 e. The Balaban J connectivity index is 1.58. The normalized spacial score (nSPS) is 16.1. The van der Waals surface area contributed by atoms with E-state index >= 15 is 0 Å². The highest BCUT2D eigenvalue weighted by atomic mass is 32.1. The number of fused-ring (bicyclic) bond motifs is 1. The molecular weight excluding hydrogens is 420 g/mol. The van der Waals surface area contributed by atoms with Crippen LogP contribution >= 0.6 is 11.3 Å². The topological polar surface area (TPSA) is 91.1 Å². The lowest BCUT2D eigenvalue weighted by Gasteiger charge is -2.15. The number of aliphatic hydroxyl groups is 1. The minimum Gasteiger partial charge on any atom is -0.490 e. The fraction of sp³-hybridized carbons (Fsp3) is 0.400. The third-order valence-electron chi connectivity index (χ3n) is 5.59. The van der Waals surface area contributed by atoms with Crippen molar-refractivity contribution in [1.29, 1.82) is 5.26 Å². The van der Waals surface area contributed by atoms with Gasteiger partial charge in [-0.25, -0.2) is 0 Å². The summed E-state index contributed by atoms with van der Waals surface area (Å²) >= 11 is 1.54. The van der Waals surface area contributed by atoms with Crippen LogP contribution in [0.1, 0.15) is 56.3 Å². The van der Waals surface area contributed by atoms with Crippen molar-refractivity contribution in [1.82, 2.24) is 15.5 Å². The molecule has 7 heteroatoms. The van der Waals surface area contributed by atoms with Crippen molar-refractivity contribution in [2.75, 3.05) is 6.54 Å². The van der Waals surface area contributed by atoms with Gasteiger partial charge in [-0.05, 0) is 75.9 Å². The second-order valence-corrected chi connectivity index (χ2v) is 9.44. The lowest BCUT2D eigenvalue weighted by atomic mass is 10.0. The van der Waals surface area contributed by atoms with E-state index in [0.29, 0.717) is 17.4 Å². The molecule has 0 spiro atoms. The molecule has 4 rings (SSSR count). The lowest BCUT2D eigenvalue weighted by Crippen LogP contribution is -2.23. The highest BCUT2D eigenvalue weighted by molar-refractivity contribution is 7.17. The van der Waals surface area contributed by atoms with E-state index < -0.39 is 0 Å². The van der Waals surface area contributed by atoms with Crippen LogP contribution in [-0.2, 0) is 6.42 Å². The van der Waals surface area contributed by atoms with Gasteiger partial charge in [0.15, 0.2) is 0 Å². The fourth-order valence-electron chi connectivity index (χ4n) is 4.09. The van der Waals surface area contributed by atoms with E-state index in [4.69, 9.17) is 4.74 Å². The summed E-state index contributed by atoms with van der Waals surface area (Å²) in [6.07, 6.45) is 2.50. The van der Waals surface area contributed by atoms with Gasteiger partial charge >= 0.3 is 0 Å². The van der Waals surface area contributed by atoms with Crippen LogP contribution in [0.4, 0.5) is 0 Å². The maximum absolute atomic E-state index is 9.53. The molecule has 1 unspecified atom stereocenters. The molecule has 3 aromatic rings. The van der Waals surface area contributed by atoms with Gasteiger partial charge in [-0.1, -0.05) is 29.5 Å². The molecule has 0 fully saturated rings. The Kier molecular flexibility index (Phi) is 6.85. The second-order valence-electron chi connectivity index (χ2n) is 8.46. The Morgan fingerprint density at radius 3 is 2.78 bits per heavy atom. The van der Waals surface area contributed by atoms with Crippen molar-refractivity contribution in [3.8, 4) is 33.0 Å². The molecule has 166 valence electrons. The third kappa shape index (κ3) is 4.83. The number of hydrogen-bond donors (Lipinski definition) is 2. The zero-order chi connectivity index (χ0) is 22.7. The summed E-state index contributed by atoms with van der Waals surface area (Å²) in [4.78, 5) is 0.